The molecule has 1 aromatic carbocycles. The maximum absolute atomic E-state index is 14.0. The summed E-state index contributed by atoms with van der Waals surface area (Å²) in [6, 6.07) is 5.45. The van der Waals surface area contributed by atoms with Crippen molar-refractivity contribution in [3.63, 3.8) is 0 Å². The lowest BCUT2D eigenvalue weighted by Gasteiger charge is -2.33. The third-order valence-electron chi connectivity index (χ3n) is 6.28. The number of alkyl halides is 3. The molecule has 3 heterocycles. The van der Waals surface area contributed by atoms with Crippen LogP contribution in [0, 0.1) is 11.3 Å². The fourth-order valence-corrected chi connectivity index (χ4v) is 6.11. The molecule has 1 amide bonds. The van der Waals surface area contributed by atoms with Crippen LogP contribution < -0.4 is 10.6 Å². The van der Waals surface area contributed by atoms with Crippen molar-refractivity contribution in [3.8, 4) is 6.07 Å². The van der Waals surface area contributed by atoms with E-state index in [1.165, 1.54) is 29.5 Å². The standard InChI is InChI=1S/C23H18Cl2F3N5OS/c24-14-6-5-11(7-15(14)25)16-8-19(23(26,27)28)33-20(30-16)9-17(32-33)21(34)31-22-13(10-29)12-3-1-2-4-18(12)35-22/h5-7,9,16,19,30H,1-4,8H2,(H,31,34)/t16-,19-/m0/s1. The van der Waals surface area contributed by atoms with Gasteiger partial charge < -0.3 is 10.6 Å². The molecule has 0 bridgehead atoms. The van der Waals surface area contributed by atoms with Crippen LogP contribution in [0.3, 0.4) is 0 Å². The SMILES string of the molecule is N#Cc1c(NC(=O)c2cc3n(n2)[C@H](C(F)(F)F)C[C@@H](c2ccc(Cl)c(Cl)c2)N3)sc2c1CCCC2. The molecular weight excluding hydrogens is 522 g/mol. The topological polar surface area (TPSA) is 82.7 Å². The molecule has 2 N–H and O–H groups in total. The number of nitrogens with one attached hydrogen (secondary N) is 2. The molecule has 1 aliphatic carbocycles. The van der Waals surface area contributed by atoms with E-state index in [1.807, 2.05) is 0 Å². The zero-order chi connectivity index (χ0) is 24.9. The predicted octanol–water partition coefficient (Wildman–Crippen LogP) is 6.91. The number of halogens is 5. The van der Waals surface area contributed by atoms with Crippen LogP contribution in [-0.2, 0) is 12.8 Å². The number of nitrogens with zero attached hydrogens (tertiary/aromatic N) is 3. The number of carbonyl (C=O) groups excluding carboxylic acids is 1. The van der Waals surface area contributed by atoms with Gasteiger partial charge in [0.2, 0.25) is 0 Å². The molecule has 3 aromatic rings. The van der Waals surface area contributed by atoms with Crippen molar-refractivity contribution in [3.05, 3.63) is 61.6 Å². The monoisotopic (exact) mass is 539 g/mol. The zero-order valence-corrected chi connectivity index (χ0v) is 20.4. The molecule has 2 aromatic heterocycles. The highest BCUT2D eigenvalue weighted by atomic mass is 35.5. The Balaban J connectivity index is 1.45. The molecule has 0 spiro atoms. The number of aromatic nitrogens is 2. The van der Waals surface area contributed by atoms with Crippen LogP contribution in [0.25, 0.3) is 0 Å². The fraction of sp³-hybridized carbons (Fsp3) is 0.348. The highest BCUT2D eigenvalue weighted by Crippen LogP contribution is 2.44. The van der Waals surface area contributed by atoms with Gasteiger partial charge in [0.15, 0.2) is 11.7 Å². The van der Waals surface area contributed by atoms with E-state index in [0.29, 0.717) is 21.2 Å². The van der Waals surface area contributed by atoms with Gasteiger partial charge in [-0.3, -0.25) is 4.79 Å². The first-order chi connectivity index (χ1) is 16.7. The molecule has 0 saturated heterocycles. The van der Waals surface area contributed by atoms with Crippen molar-refractivity contribution >= 4 is 51.3 Å². The Hall–Kier alpha value is -2.74. The lowest BCUT2D eigenvalue weighted by molar-refractivity contribution is -0.173. The van der Waals surface area contributed by atoms with Crippen molar-refractivity contribution in [2.75, 3.05) is 10.6 Å². The highest BCUT2D eigenvalue weighted by molar-refractivity contribution is 7.16. The first-order valence-electron chi connectivity index (χ1n) is 10.9. The largest absolute Gasteiger partial charge is 0.410 e. The van der Waals surface area contributed by atoms with Crippen LogP contribution in [0.15, 0.2) is 24.3 Å². The van der Waals surface area contributed by atoms with E-state index < -0.39 is 24.2 Å². The Bertz CT molecular complexity index is 1360. The quantitative estimate of drug-likeness (QED) is 0.378. The summed E-state index contributed by atoms with van der Waals surface area (Å²) < 4.78 is 42.7. The third-order valence-corrected chi connectivity index (χ3v) is 8.22. The molecule has 2 atom stereocenters. The Morgan fingerprint density at radius 1 is 1.23 bits per heavy atom. The van der Waals surface area contributed by atoms with E-state index in [4.69, 9.17) is 23.2 Å². The second kappa shape index (κ2) is 9.04. The minimum Gasteiger partial charge on any atom is -0.363 e. The molecule has 0 radical (unpaired) electrons. The fourth-order valence-electron chi connectivity index (χ4n) is 4.57. The molecule has 2 aliphatic rings. The number of nitriles is 1. The van der Waals surface area contributed by atoms with Crippen molar-refractivity contribution < 1.29 is 18.0 Å². The summed E-state index contributed by atoms with van der Waals surface area (Å²) in [5.41, 5.74) is 1.74. The minimum atomic E-state index is -4.59. The number of hydrogen-bond acceptors (Lipinski definition) is 5. The maximum atomic E-state index is 14.0. The first kappa shape index (κ1) is 24.0. The predicted molar refractivity (Wildman–Crippen MR) is 128 cm³/mol. The maximum Gasteiger partial charge on any atom is 0.410 e. The van der Waals surface area contributed by atoms with Crippen LogP contribution in [0.2, 0.25) is 10.0 Å². The lowest BCUT2D eigenvalue weighted by atomic mass is 9.96. The van der Waals surface area contributed by atoms with Gasteiger partial charge in [0.1, 0.15) is 16.9 Å². The normalized spacial score (nSPS) is 19.3. The average Bonchev–Trinajstić information content (AvgIpc) is 3.40. The number of thiophene rings is 1. The summed E-state index contributed by atoms with van der Waals surface area (Å²) >= 11 is 13.4. The summed E-state index contributed by atoms with van der Waals surface area (Å²) in [5.74, 6) is -0.610. The number of fused-ring (bicyclic) bond motifs is 2. The van der Waals surface area contributed by atoms with Gasteiger partial charge in [-0.2, -0.15) is 23.5 Å². The van der Waals surface area contributed by atoms with Gasteiger partial charge in [0.05, 0.1) is 21.7 Å². The number of hydrogen-bond donors (Lipinski definition) is 2. The smallest absolute Gasteiger partial charge is 0.363 e. The molecule has 1 aliphatic heterocycles. The van der Waals surface area contributed by atoms with Gasteiger partial charge in [0, 0.05) is 17.4 Å². The number of carbonyl (C=O) groups is 1. The van der Waals surface area contributed by atoms with E-state index >= 15 is 0 Å². The van der Waals surface area contributed by atoms with Crippen LogP contribution in [-0.4, -0.2) is 21.9 Å². The van der Waals surface area contributed by atoms with Gasteiger partial charge in [-0.15, -0.1) is 11.3 Å². The molecule has 0 unspecified atom stereocenters. The van der Waals surface area contributed by atoms with Gasteiger partial charge >= 0.3 is 6.18 Å². The lowest BCUT2D eigenvalue weighted by Crippen LogP contribution is -2.35. The molecule has 12 heteroatoms. The molecule has 35 heavy (non-hydrogen) atoms. The number of rotatable bonds is 3. The minimum absolute atomic E-state index is 0.0609. The van der Waals surface area contributed by atoms with Crippen LogP contribution >= 0.6 is 34.5 Å². The van der Waals surface area contributed by atoms with Gasteiger partial charge in [-0.25, -0.2) is 4.68 Å². The highest BCUT2D eigenvalue weighted by Gasteiger charge is 2.47. The molecule has 5 rings (SSSR count). The van der Waals surface area contributed by atoms with E-state index in [2.05, 4.69) is 21.8 Å². The molecular formula is C23H18Cl2F3N5OS. The molecule has 182 valence electrons. The Labute approximate surface area is 212 Å². The summed E-state index contributed by atoms with van der Waals surface area (Å²) in [6.07, 6.45) is -1.32. The molecule has 6 nitrogen and oxygen atoms in total. The van der Waals surface area contributed by atoms with Gasteiger partial charge in [-0.05, 0) is 48.9 Å². The van der Waals surface area contributed by atoms with Crippen molar-refractivity contribution in [2.24, 2.45) is 0 Å². The second-order valence-electron chi connectivity index (χ2n) is 8.50. The van der Waals surface area contributed by atoms with Gasteiger partial charge in [0.25, 0.3) is 5.91 Å². The number of anilines is 2. The molecule has 0 saturated carbocycles. The first-order valence-corrected chi connectivity index (χ1v) is 12.5. The third kappa shape index (κ3) is 4.48. The Morgan fingerprint density at radius 3 is 2.71 bits per heavy atom. The van der Waals surface area contributed by atoms with Crippen LogP contribution in [0.1, 0.15) is 63.4 Å². The van der Waals surface area contributed by atoms with Crippen LogP contribution in [0.5, 0.6) is 0 Å². The van der Waals surface area contributed by atoms with E-state index in [1.54, 1.807) is 6.07 Å². The summed E-state index contributed by atoms with van der Waals surface area (Å²) in [7, 11) is 0. The Kier molecular flexibility index (Phi) is 6.20. The van der Waals surface area contributed by atoms with E-state index in [9.17, 15) is 23.2 Å². The van der Waals surface area contributed by atoms with E-state index in [-0.39, 0.29) is 23.0 Å². The molecule has 0 fully saturated rings. The average molecular weight is 540 g/mol. The summed E-state index contributed by atoms with van der Waals surface area (Å²) in [4.78, 5) is 14.0. The second-order valence-corrected chi connectivity index (χ2v) is 10.4. The van der Waals surface area contributed by atoms with Crippen molar-refractivity contribution in [1.29, 1.82) is 5.26 Å². The Morgan fingerprint density at radius 2 is 2.00 bits per heavy atom. The summed E-state index contributed by atoms with van der Waals surface area (Å²) in [5, 5.41) is 20.3. The van der Waals surface area contributed by atoms with Crippen molar-refractivity contribution in [1.82, 2.24) is 9.78 Å². The number of aryl methyl sites for hydroxylation is 1. The number of amides is 1. The number of benzene rings is 1. The van der Waals surface area contributed by atoms with Crippen molar-refractivity contribution in [2.45, 2.75) is 50.4 Å². The zero-order valence-electron chi connectivity index (χ0n) is 18.0. The van der Waals surface area contributed by atoms with Crippen LogP contribution in [0.4, 0.5) is 24.0 Å². The summed E-state index contributed by atoms with van der Waals surface area (Å²) in [6.45, 7) is 0. The van der Waals surface area contributed by atoms with Gasteiger partial charge in [-0.1, -0.05) is 29.3 Å². The van der Waals surface area contributed by atoms with E-state index in [0.717, 1.165) is 40.8 Å².